The van der Waals surface area contributed by atoms with Crippen molar-refractivity contribution in [2.45, 2.75) is 5.92 Å². The number of fused-ring (bicyclic) bond motifs is 3. The van der Waals surface area contributed by atoms with Crippen LogP contribution in [0.2, 0.25) is 0 Å². The van der Waals surface area contributed by atoms with E-state index in [-0.39, 0.29) is 21.9 Å². The number of nitrogens with zero attached hydrogens (tertiary/aromatic N) is 3. The van der Waals surface area contributed by atoms with E-state index in [1.807, 2.05) is 60.7 Å². The number of hydrogen-bond acceptors (Lipinski definition) is 4. The lowest BCUT2D eigenvalue weighted by atomic mass is 9.84. The standard InChI is InChI=1S/C52H35N3O/c1-5-15-36(16-6-1)48(37-17-7-2-8-18-37)43-24-13-23-41(33-43)42-31-32-45-47(34-42)56-46-26-14-25-44(49(45)46)35-27-29-40(30-28-35)52-54-50(38-19-9-3-10-20-38)53-51(55-52)39-21-11-4-12-22-39/h1-34,48H/i1D,2D,5D,6D,7D,8D,13D,14D,15D,16D,17D,18D,23D,24D,25D,26D,31D,32D,33D,34D. The molecule has 0 radical (unpaired) electrons. The van der Waals surface area contributed by atoms with E-state index in [0.717, 1.165) is 11.1 Å². The van der Waals surface area contributed by atoms with Crippen LogP contribution in [0.5, 0.6) is 0 Å². The van der Waals surface area contributed by atoms with Crippen LogP contribution in [0.4, 0.5) is 0 Å². The SMILES string of the molecule is [2H]c1c([2H])c([2H])c(C(c2c([2H])c([2H])c([2H])c([2H])c2[2H])c2c([2H])c([2H])c([2H])c(-c3c([2H])c([2H])c4c(oc5c([2H])c([2H])c([2H])c(-c6ccc(-c7nc(-c8ccccc8)nc(-c8ccccc8)n7)cc6)c54)c3[2H])c2[2H])c([2H])c1[2H]. The molecule has 4 nitrogen and oxygen atoms in total. The van der Waals surface area contributed by atoms with Crippen molar-refractivity contribution in [3.05, 3.63) is 222 Å². The highest BCUT2D eigenvalue weighted by Gasteiger charge is 2.19. The third-order valence-corrected chi connectivity index (χ3v) is 9.00. The monoisotopic (exact) mass is 737 g/mol. The van der Waals surface area contributed by atoms with Crippen molar-refractivity contribution in [1.29, 1.82) is 0 Å². The van der Waals surface area contributed by atoms with Crippen LogP contribution in [-0.4, -0.2) is 15.0 Å². The summed E-state index contributed by atoms with van der Waals surface area (Å²) >= 11 is 0. The molecule has 8 aromatic carbocycles. The molecule has 0 aliphatic rings. The Balaban J connectivity index is 1.20. The Hall–Kier alpha value is -7.43. The summed E-state index contributed by atoms with van der Waals surface area (Å²) in [5, 5.41) is -0.349. The maximum atomic E-state index is 9.70. The molecule has 0 fully saturated rings. The fourth-order valence-electron chi connectivity index (χ4n) is 6.38. The predicted molar refractivity (Wildman–Crippen MR) is 228 cm³/mol. The van der Waals surface area contributed by atoms with Crippen LogP contribution in [0, 0.1) is 0 Å². The van der Waals surface area contributed by atoms with Gasteiger partial charge < -0.3 is 4.42 Å². The average molecular weight is 738 g/mol. The number of hydrogen-bond donors (Lipinski definition) is 0. The van der Waals surface area contributed by atoms with E-state index in [4.69, 9.17) is 38.6 Å². The minimum atomic E-state index is -2.17. The van der Waals surface area contributed by atoms with Gasteiger partial charge in [0.2, 0.25) is 0 Å². The Labute approximate surface area is 353 Å². The second kappa shape index (κ2) is 14.4. The zero-order valence-electron chi connectivity index (χ0n) is 48.9. The summed E-state index contributed by atoms with van der Waals surface area (Å²) in [6.45, 7) is 0. The third kappa shape index (κ3) is 6.33. The van der Waals surface area contributed by atoms with Gasteiger partial charge in [0.05, 0.1) is 27.4 Å². The van der Waals surface area contributed by atoms with E-state index in [1.165, 1.54) is 0 Å². The molecule has 0 unspecified atom stereocenters. The van der Waals surface area contributed by atoms with Crippen molar-refractivity contribution in [3.8, 4) is 56.4 Å². The second-order valence-corrected chi connectivity index (χ2v) is 12.4. The van der Waals surface area contributed by atoms with E-state index in [2.05, 4.69) is 0 Å². The van der Waals surface area contributed by atoms with Crippen LogP contribution < -0.4 is 0 Å². The molecule has 2 heterocycles. The first-order valence-corrected chi connectivity index (χ1v) is 17.3. The lowest BCUT2D eigenvalue weighted by molar-refractivity contribution is 0.669. The van der Waals surface area contributed by atoms with Gasteiger partial charge in [-0.25, -0.2) is 15.0 Å². The molecule has 4 heteroatoms. The van der Waals surface area contributed by atoms with Gasteiger partial charge in [-0.2, -0.15) is 0 Å². The van der Waals surface area contributed by atoms with E-state index in [1.54, 1.807) is 24.3 Å². The lowest BCUT2D eigenvalue weighted by Gasteiger charge is -2.19. The normalized spacial score (nSPS) is 16.4. The average Bonchev–Trinajstić information content (AvgIpc) is 3.90. The Morgan fingerprint density at radius 2 is 0.911 bits per heavy atom. The van der Waals surface area contributed by atoms with Crippen LogP contribution in [0.1, 0.15) is 50.0 Å². The van der Waals surface area contributed by atoms with Crippen LogP contribution in [-0.2, 0) is 0 Å². The van der Waals surface area contributed by atoms with Gasteiger partial charge in [-0.1, -0.05) is 188 Å². The molecule has 0 bridgehead atoms. The van der Waals surface area contributed by atoms with Gasteiger partial charge in [0.15, 0.2) is 17.5 Å². The van der Waals surface area contributed by atoms with Crippen molar-refractivity contribution >= 4 is 21.9 Å². The summed E-state index contributed by atoms with van der Waals surface area (Å²) in [5.74, 6) is -1.06. The third-order valence-electron chi connectivity index (χ3n) is 9.00. The molecule has 2 aromatic heterocycles. The minimum absolute atomic E-state index is 0.0105. The summed E-state index contributed by atoms with van der Waals surface area (Å²) in [5.41, 5.74) is -2.30. The van der Waals surface area contributed by atoms with Gasteiger partial charge >= 0.3 is 0 Å². The molecule has 264 valence electrons. The van der Waals surface area contributed by atoms with Crippen molar-refractivity contribution in [3.63, 3.8) is 0 Å². The number of aromatic nitrogens is 3. The summed E-state index contributed by atoms with van der Waals surface area (Å²) < 4.78 is 185. The summed E-state index contributed by atoms with van der Waals surface area (Å²) in [4.78, 5) is 14.3. The van der Waals surface area contributed by atoms with Crippen LogP contribution >= 0.6 is 0 Å². The lowest BCUT2D eigenvalue weighted by Crippen LogP contribution is -2.03. The fraction of sp³-hybridized carbons (Fsp3) is 0.0192. The van der Waals surface area contributed by atoms with Crippen LogP contribution in [0.3, 0.4) is 0 Å². The van der Waals surface area contributed by atoms with Gasteiger partial charge in [0, 0.05) is 33.4 Å². The summed E-state index contributed by atoms with van der Waals surface area (Å²) in [7, 11) is 0. The Morgan fingerprint density at radius 1 is 0.393 bits per heavy atom. The van der Waals surface area contributed by atoms with Crippen molar-refractivity contribution in [2.24, 2.45) is 0 Å². The fourth-order valence-corrected chi connectivity index (χ4v) is 6.38. The highest BCUT2D eigenvalue weighted by molar-refractivity contribution is 6.13. The quantitative estimate of drug-likeness (QED) is 0.146. The molecular weight excluding hydrogens is 683 g/mol. The summed E-state index contributed by atoms with van der Waals surface area (Å²) in [6.07, 6.45) is 0. The Morgan fingerprint density at radius 3 is 1.52 bits per heavy atom. The minimum Gasteiger partial charge on any atom is -0.456 e. The molecule has 10 rings (SSSR count). The van der Waals surface area contributed by atoms with Crippen molar-refractivity contribution in [2.75, 3.05) is 0 Å². The van der Waals surface area contributed by atoms with Gasteiger partial charge in [-0.05, 0) is 57.1 Å². The zero-order chi connectivity index (χ0) is 54.7. The van der Waals surface area contributed by atoms with Gasteiger partial charge in [0.1, 0.15) is 11.2 Å². The summed E-state index contributed by atoms with van der Waals surface area (Å²) in [6, 6.07) is 8.12. The highest BCUT2D eigenvalue weighted by Crippen LogP contribution is 2.40. The van der Waals surface area contributed by atoms with E-state index in [0.29, 0.717) is 28.6 Å². The van der Waals surface area contributed by atoms with Gasteiger partial charge in [-0.15, -0.1) is 0 Å². The molecule has 0 aliphatic heterocycles. The number of benzene rings is 8. The second-order valence-electron chi connectivity index (χ2n) is 12.4. The molecule has 0 saturated heterocycles. The van der Waals surface area contributed by atoms with Gasteiger partial charge in [-0.3, -0.25) is 0 Å². The molecule has 0 spiro atoms. The smallest absolute Gasteiger partial charge is 0.164 e. The largest absolute Gasteiger partial charge is 0.456 e. The zero-order valence-corrected chi connectivity index (χ0v) is 28.9. The highest BCUT2D eigenvalue weighted by atomic mass is 16.3. The van der Waals surface area contributed by atoms with Crippen molar-refractivity contribution < 1.29 is 31.8 Å². The molecule has 56 heavy (non-hydrogen) atoms. The molecule has 0 aliphatic carbocycles. The Bertz CT molecular complexity index is 3930. The number of rotatable bonds is 8. The first-order chi connectivity index (χ1) is 36.1. The van der Waals surface area contributed by atoms with Crippen LogP contribution in [0.15, 0.2) is 210 Å². The molecular formula is C52H35N3O. The van der Waals surface area contributed by atoms with Crippen molar-refractivity contribution in [1.82, 2.24) is 15.0 Å². The maximum absolute atomic E-state index is 9.70. The predicted octanol–water partition coefficient (Wildman–Crippen LogP) is 13.3. The topological polar surface area (TPSA) is 51.8 Å². The van der Waals surface area contributed by atoms with E-state index >= 15 is 0 Å². The van der Waals surface area contributed by atoms with Crippen LogP contribution in [0.25, 0.3) is 78.4 Å². The molecule has 10 aromatic rings. The number of furan rings is 1. The molecule has 0 amide bonds. The first-order valence-electron chi connectivity index (χ1n) is 27.3. The first kappa shape index (κ1) is 18.3. The van der Waals surface area contributed by atoms with Gasteiger partial charge in [0.25, 0.3) is 0 Å². The van der Waals surface area contributed by atoms with E-state index in [9.17, 15) is 8.22 Å². The molecule has 0 atom stereocenters. The molecule has 0 N–H and O–H groups in total. The maximum Gasteiger partial charge on any atom is 0.164 e. The molecule has 0 saturated carbocycles. The van der Waals surface area contributed by atoms with E-state index < -0.39 is 160 Å². The Kier molecular flexibility index (Phi) is 4.71.